The third-order valence-electron chi connectivity index (χ3n) is 5.05. The fraction of sp³-hybridized carbons (Fsp3) is 0.350. The van der Waals surface area contributed by atoms with Crippen LogP contribution in [-0.4, -0.2) is 68.9 Å². The number of imide groups is 1. The van der Waals surface area contributed by atoms with E-state index in [9.17, 15) is 22.8 Å². The molecule has 0 spiro atoms. The molecule has 0 saturated carbocycles. The van der Waals surface area contributed by atoms with Gasteiger partial charge < -0.3 is 9.57 Å². The van der Waals surface area contributed by atoms with Crippen molar-refractivity contribution in [3.8, 4) is 0 Å². The third kappa shape index (κ3) is 5.33. The lowest BCUT2D eigenvalue weighted by atomic mass is 10.1. The Labute approximate surface area is 189 Å². The molecular weight excluding hydrogens is 458 g/mol. The normalized spacial score (nSPS) is 15.2. The number of benzene rings is 1. The smallest absolute Gasteiger partial charge is 0.381 e. The molecule has 32 heavy (non-hydrogen) atoms. The maximum Gasteiger partial charge on any atom is 0.440 e. The number of hydrogen-bond acceptors (Lipinski definition) is 8. The van der Waals surface area contributed by atoms with E-state index in [1.807, 2.05) is 5.48 Å². The van der Waals surface area contributed by atoms with Gasteiger partial charge in [-0.1, -0.05) is 6.07 Å². The standard InChI is InChI=1S/C20H23N3O7S2/c1-22(19(25)15-8-11-31-13-15)20(26)30-21-18(24)14-4-3-5-17(12-14)32(27,28)23-9-6-16(29-2)7-10-23/h3-5,8,11-13,16H,6-7,9-10H2,1-2H3,(H,21,24). The van der Waals surface area contributed by atoms with Crippen molar-refractivity contribution in [3.05, 3.63) is 52.2 Å². The van der Waals surface area contributed by atoms with Crippen LogP contribution in [-0.2, 0) is 19.6 Å². The van der Waals surface area contributed by atoms with Crippen LogP contribution in [0.3, 0.4) is 0 Å². The van der Waals surface area contributed by atoms with E-state index >= 15 is 0 Å². The van der Waals surface area contributed by atoms with Crippen LogP contribution in [0.1, 0.15) is 33.6 Å². The molecule has 172 valence electrons. The highest BCUT2D eigenvalue weighted by molar-refractivity contribution is 7.89. The predicted molar refractivity (Wildman–Crippen MR) is 116 cm³/mol. The van der Waals surface area contributed by atoms with Crippen LogP contribution < -0.4 is 5.48 Å². The van der Waals surface area contributed by atoms with Crippen molar-refractivity contribution < 1.29 is 32.4 Å². The van der Waals surface area contributed by atoms with E-state index in [-0.39, 0.29) is 16.6 Å². The number of hydroxylamine groups is 1. The molecule has 2 heterocycles. The van der Waals surface area contributed by atoms with Crippen LogP contribution in [0.25, 0.3) is 0 Å². The highest BCUT2D eigenvalue weighted by Crippen LogP contribution is 2.22. The van der Waals surface area contributed by atoms with Gasteiger partial charge in [-0.15, -0.1) is 0 Å². The second-order valence-electron chi connectivity index (χ2n) is 7.04. The summed E-state index contributed by atoms with van der Waals surface area (Å²) in [5.74, 6) is -1.42. The summed E-state index contributed by atoms with van der Waals surface area (Å²) in [5, 5.41) is 3.27. The summed E-state index contributed by atoms with van der Waals surface area (Å²) in [6, 6.07) is 6.98. The van der Waals surface area contributed by atoms with Crippen molar-refractivity contribution in [1.29, 1.82) is 0 Å². The summed E-state index contributed by atoms with van der Waals surface area (Å²) in [4.78, 5) is 42.0. The number of rotatable bonds is 5. The summed E-state index contributed by atoms with van der Waals surface area (Å²) >= 11 is 1.30. The molecule has 1 aliphatic rings. The second kappa shape index (κ2) is 10.2. The minimum atomic E-state index is -3.79. The first-order chi connectivity index (χ1) is 15.2. The van der Waals surface area contributed by atoms with Gasteiger partial charge >= 0.3 is 6.09 Å². The second-order valence-corrected chi connectivity index (χ2v) is 9.76. The van der Waals surface area contributed by atoms with E-state index < -0.39 is 27.9 Å². The molecule has 2 aromatic rings. The molecule has 10 nitrogen and oxygen atoms in total. The molecule has 1 aliphatic heterocycles. The van der Waals surface area contributed by atoms with Crippen molar-refractivity contribution >= 4 is 39.3 Å². The summed E-state index contributed by atoms with van der Waals surface area (Å²) in [6.07, 6.45) is 0.116. The number of ether oxygens (including phenoxy) is 1. The van der Waals surface area contributed by atoms with Gasteiger partial charge in [0.25, 0.3) is 11.8 Å². The van der Waals surface area contributed by atoms with Crippen LogP contribution >= 0.6 is 11.3 Å². The number of carbonyl (C=O) groups is 3. The van der Waals surface area contributed by atoms with Gasteiger partial charge in [0.05, 0.1) is 16.6 Å². The third-order valence-corrected chi connectivity index (χ3v) is 7.62. The maximum atomic E-state index is 12.9. The first-order valence-corrected chi connectivity index (χ1v) is 12.1. The number of sulfonamides is 1. The predicted octanol–water partition coefficient (Wildman–Crippen LogP) is 2.10. The Hall–Kier alpha value is -2.80. The molecule has 1 N–H and O–H groups in total. The van der Waals surface area contributed by atoms with Crippen LogP contribution in [0.2, 0.25) is 0 Å². The fourth-order valence-corrected chi connectivity index (χ4v) is 5.28. The lowest BCUT2D eigenvalue weighted by molar-refractivity contribution is 0.0416. The molecule has 0 atom stereocenters. The molecular formula is C20H23N3O7S2. The Morgan fingerprint density at radius 2 is 1.88 bits per heavy atom. The molecule has 0 bridgehead atoms. The summed E-state index contributed by atoms with van der Waals surface area (Å²) in [7, 11) is -0.979. The lowest BCUT2D eigenvalue weighted by Gasteiger charge is -2.30. The fourth-order valence-electron chi connectivity index (χ4n) is 3.14. The van der Waals surface area contributed by atoms with E-state index in [1.165, 1.54) is 47.0 Å². The van der Waals surface area contributed by atoms with Gasteiger partial charge in [-0.25, -0.2) is 18.1 Å². The van der Waals surface area contributed by atoms with Gasteiger partial charge in [-0.2, -0.15) is 21.1 Å². The van der Waals surface area contributed by atoms with Gasteiger partial charge in [0, 0.05) is 38.2 Å². The number of thiophene rings is 1. The number of nitrogens with zero attached hydrogens (tertiary/aromatic N) is 2. The number of methoxy groups -OCH3 is 1. The average molecular weight is 482 g/mol. The molecule has 0 radical (unpaired) electrons. The molecule has 12 heteroatoms. The van der Waals surface area contributed by atoms with E-state index in [0.717, 1.165) is 0 Å². The number of hydrogen-bond donors (Lipinski definition) is 1. The van der Waals surface area contributed by atoms with Crippen molar-refractivity contribution in [3.63, 3.8) is 0 Å². The van der Waals surface area contributed by atoms with Gasteiger partial charge in [0.1, 0.15) is 0 Å². The van der Waals surface area contributed by atoms with Crippen molar-refractivity contribution in [2.24, 2.45) is 0 Å². The van der Waals surface area contributed by atoms with E-state index in [2.05, 4.69) is 0 Å². The molecule has 1 fully saturated rings. The lowest BCUT2D eigenvalue weighted by Crippen LogP contribution is -2.40. The van der Waals surface area contributed by atoms with Gasteiger partial charge in [0.15, 0.2) is 0 Å². The molecule has 0 unspecified atom stereocenters. The van der Waals surface area contributed by atoms with Gasteiger partial charge in [-0.3, -0.25) is 9.59 Å². The Kier molecular flexibility index (Phi) is 7.61. The summed E-state index contributed by atoms with van der Waals surface area (Å²) in [5.41, 5.74) is 2.24. The zero-order chi connectivity index (χ0) is 23.3. The first kappa shape index (κ1) is 23.9. The Morgan fingerprint density at radius 3 is 2.50 bits per heavy atom. The molecule has 3 amide bonds. The van der Waals surface area contributed by atoms with Crippen molar-refractivity contribution in [2.75, 3.05) is 27.2 Å². The summed E-state index contributed by atoms with van der Waals surface area (Å²) in [6.45, 7) is 0.638. The molecule has 1 aromatic carbocycles. The van der Waals surface area contributed by atoms with Crippen molar-refractivity contribution in [1.82, 2.24) is 14.7 Å². The van der Waals surface area contributed by atoms with E-state index in [1.54, 1.807) is 23.9 Å². The zero-order valence-corrected chi connectivity index (χ0v) is 19.1. The molecule has 1 aromatic heterocycles. The van der Waals surface area contributed by atoms with Crippen LogP contribution in [0, 0.1) is 0 Å². The minimum Gasteiger partial charge on any atom is -0.381 e. The molecule has 1 saturated heterocycles. The minimum absolute atomic E-state index is 0.0162. The monoisotopic (exact) mass is 481 g/mol. The number of carbonyl (C=O) groups excluding carboxylic acids is 3. The van der Waals surface area contributed by atoms with Crippen LogP contribution in [0.15, 0.2) is 46.0 Å². The van der Waals surface area contributed by atoms with E-state index in [4.69, 9.17) is 9.57 Å². The Morgan fingerprint density at radius 1 is 1.16 bits per heavy atom. The van der Waals surface area contributed by atoms with Crippen molar-refractivity contribution in [2.45, 2.75) is 23.8 Å². The molecule has 3 rings (SSSR count). The van der Waals surface area contributed by atoms with Crippen LogP contribution in [0.5, 0.6) is 0 Å². The maximum absolute atomic E-state index is 12.9. The number of piperidine rings is 1. The quantitative estimate of drug-likeness (QED) is 0.649. The SMILES string of the molecule is COC1CCN(S(=O)(=O)c2cccc(C(=O)NOC(=O)N(C)C(=O)c3ccsc3)c2)CC1. The average Bonchev–Trinajstić information content (AvgIpc) is 3.36. The highest BCUT2D eigenvalue weighted by Gasteiger charge is 2.30. The summed E-state index contributed by atoms with van der Waals surface area (Å²) < 4.78 is 32.5. The Balaban J connectivity index is 1.62. The Bertz CT molecular complexity index is 1080. The number of nitrogens with one attached hydrogen (secondary N) is 1. The zero-order valence-electron chi connectivity index (χ0n) is 17.5. The van der Waals surface area contributed by atoms with Crippen LogP contribution in [0.4, 0.5) is 4.79 Å². The van der Waals surface area contributed by atoms with Gasteiger partial charge in [-0.05, 0) is 42.5 Å². The first-order valence-electron chi connectivity index (χ1n) is 9.68. The van der Waals surface area contributed by atoms with Gasteiger partial charge in [0.2, 0.25) is 10.0 Å². The molecule has 0 aliphatic carbocycles. The van der Waals surface area contributed by atoms with E-state index in [0.29, 0.717) is 36.4 Å². The topological polar surface area (TPSA) is 122 Å². The highest BCUT2D eigenvalue weighted by atomic mass is 32.2. The number of amides is 3. The largest absolute Gasteiger partial charge is 0.440 e.